The van der Waals surface area contributed by atoms with E-state index in [2.05, 4.69) is 44.0 Å². The van der Waals surface area contributed by atoms with Crippen LogP contribution in [-0.4, -0.2) is 69.0 Å². The summed E-state index contributed by atoms with van der Waals surface area (Å²) in [5.41, 5.74) is 1.96. The minimum Gasteiger partial charge on any atom is -0.473 e. The number of carboxylic acid groups (broad SMARTS) is 2. The van der Waals surface area contributed by atoms with Gasteiger partial charge in [-0.2, -0.15) is 0 Å². The van der Waals surface area contributed by atoms with Crippen molar-refractivity contribution in [1.29, 1.82) is 0 Å². The zero-order valence-corrected chi connectivity index (χ0v) is 16.6. The number of carbonyl (C=O) groups excluding carboxylic acids is 1. The standard InChI is InChI=1S/C17H18BrN3O.C2H2O4/c18-16-5-1-3-14(11-16)13-20-7-9-21(10-8-20)17(22)15-4-2-6-19-12-15;3-1(4)2(5)6/h1-6,11-12H,7-10,13H2;(H,3,4)(H,5,6). The smallest absolute Gasteiger partial charge is 0.414 e. The molecule has 2 N–H and O–H groups in total. The lowest BCUT2D eigenvalue weighted by Crippen LogP contribution is -2.48. The van der Waals surface area contributed by atoms with Gasteiger partial charge in [0.05, 0.1) is 5.56 Å². The lowest BCUT2D eigenvalue weighted by Gasteiger charge is -2.34. The van der Waals surface area contributed by atoms with Crippen molar-refractivity contribution in [2.45, 2.75) is 6.54 Å². The molecule has 1 aromatic heterocycles. The maximum absolute atomic E-state index is 12.4. The second-order valence-electron chi connectivity index (χ2n) is 6.05. The molecule has 8 nitrogen and oxygen atoms in total. The van der Waals surface area contributed by atoms with E-state index in [-0.39, 0.29) is 5.91 Å². The first-order chi connectivity index (χ1) is 13.4. The molecule has 0 radical (unpaired) electrons. The summed E-state index contributed by atoms with van der Waals surface area (Å²) in [5, 5.41) is 14.8. The predicted octanol–water partition coefficient (Wildman–Crippen LogP) is 1.96. The molecule has 0 bridgehead atoms. The van der Waals surface area contributed by atoms with Crippen molar-refractivity contribution in [2.75, 3.05) is 26.2 Å². The fraction of sp³-hybridized carbons (Fsp3) is 0.263. The number of nitrogens with zero attached hydrogens (tertiary/aromatic N) is 3. The predicted molar refractivity (Wildman–Crippen MR) is 105 cm³/mol. The van der Waals surface area contributed by atoms with E-state index in [9.17, 15) is 4.79 Å². The van der Waals surface area contributed by atoms with E-state index < -0.39 is 11.9 Å². The van der Waals surface area contributed by atoms with E-state index in [1.165, 1.54) is 5.56 Å². The summed E-state index contributed by atoms with van der Waals surface area (Å²) in [6.45, 7) is 4.26. The molecule has 1 aliphatic heterocycles. The lowest BCUT2D eigenvalue weighted by molar-refractivity contribution is -0.159. The van der Waals surface area contributed by atoms with Crippen LogP contribution < -0.4 is 0 Å². The van der Waals surface area contributed by atoms with Gasteiger partial charge in [0, 0.05) is 49.6 Å². The van der Waals surface area contributed by atoms with Gasteiger partial charge < -0.3 is 15.1 Å². The summed E-state index contributed by atoms with van der Waals surface area (Å²) in [5.74, 6) is -3.57. The Hall–Kier alpha value is -2.78. The molecule has 9 heteroatoms. The summed E-state index contributed by atoms with van der Waals surface area (Å²) in [7, 11) is 0. The van der Waals surface area contributed by atoms with Crippen LogP contribution in [-0.2, 0) is 16.1 Å². The molecule has 1 fully saturated rings. The van der Waals surface area contributed by atoms with Crippen LogP contribution in [0.5, 0.6) is 0 Å². The summed E-state index contributed by atoms with van der Waals surface area (Å²) in [6, 6.07) is 12.0. The molecule has 0 aliphatic carbocycles. The molecule has 28 heavy (non-hydrogen) atoms. The summed E-state index contributed by atoms with van der Waals surface area (Å²) in [6.07, 6.45) is 3.32. The van der Waals surface area contributed by atoms with Gasteiger partial charge in [-0.15, -0.1) is 0 Å². The number of piperazine rings is 1. The fourth-order valence-corrected chi connectivity index (χ4v) is 3.12. The van der Waals surface area contributed by atoms with Gasteiger partial charge in [0.1, 0.15) is 0 Å². The number of aromatic nitrogens is 1. The van der Waals surface area contributed by atoms with Gasteiger partial charge in [0.15, 0.2) is 0 Å². The number of hydrogen-bond acceptors (Lipinski definition) is 5. The minimum atomic E-state index is -1.82. The average molecular weight is 450 g/mol. The first kappa shape index (κ1) is 21.5. The molecule has 0 saturated carbocycles. The van der Waals surface area contributed by atoms with Crippen molar-refractivity contribution in [3.8, 4) is 0 Å². The molecule has 0 atom stereocenters. The van der Waals surface area contributed by atoms with Crippen LogP contribution in [0.25, 0.3) is 0 Å². The minimum absolute atomic E-state index is 0.0789. The second kappa shape index (κ2) is 10.5. The molecule has 0 spiro atoms. The topological polar surface area (TPSA) is 111 Å². The molecule has 148 valence electrons. The van der Waals surface area contributed by atoms with Crippen LogP contribution in [0, 0.1) is 0 Å². The van der Waals surface area contributed by atoms with Crippen molar-refractivity contribution in [3.05, 3.63) is 64.4 Å². The number of carbonyl (C=O) groups is 3. The van der Waals surface area contributed by atoms with E-state index in [1.54, 1.807) is 18.5 Å². The zero-order chi connectivity index (χ0) is 20.5. The highest BCUT2D eigenvalue weighted by Gasteiger charge is 2.22. The van der Waals surface area contributed by atoms with Gasteiger partial charge in [-0.3, -0.25) is 14.7 Å². The Kier molecular flexibility index (Phi) is 8.09. The lowest BCUT2D eigenvalue weighted by atomic mass is 10.2. The number of carboxylic acids is 2. The number of hydrogen-bond donors (Lipinski definition) is 2. The fourth-order valence-electron chi connectivity index (χ4n) is 2.67. The van der Waals surface area contributed by atoms with Crippen LogP contribution in [0.3, 0.4) is 0 Å². The molecule has 2 heterocycles. The number of amides is 1. The Balaban J connectivity index is 0.000000409. The normalized spacial score (nSPS) is 14.0. The molecular formula is C19H20BrN3O5. The quantitative estimate of drug-likeness (QED) is 0.688. The maximum Gasteiger partial charge on any atom is 0.414 e. The Morgan fingerprint density at radius 1 is 1.00 bits per heavy atom. The third kappa shape index (κ3) is 6.75. The highest BCUT2D eigenvalue weighted by molar-refractivity contribution is 9.10. The van der Waals surface area contributed by atoms with Crippen LogP contribution in [0.15, 0.2) is 53.3 Å². The molecule has 0 unspecified atom stereocenters. The second-order valence-corrected chi connectivity index (χ2v) is 6.97. The first-order valence-corrected chi connectivity index (χ1v) is 9.28. The third-order valence-electron chi connectivity index (χ3n) is 4.05. The van der Waals surface area contributed by atoms with E-state index in [1.807, 2.05) is 17.0 Å². The van der Waals surface area contributed by atoms with Crippen molar-refractivity contribution in [2.24, 2.45) is 0 Å². The zero-order valence-electron chi connectivity index (χ0n) is 15.0. The van der Waals surface area contributed by atoms with Crippen LogP contribution in [0.1, 0.15) is 15.9 Å². The average Bonchev–Trinajstić information content (AvgIpc) is 2.69. The highest BCUT2D eigenvalue weighted by Crippen LogP contribution is 2.15. The molecule has 1 saturated heterocycles. The van der Waals surface area contributed by atoms with Crippen LogP contribution in [0.4, 0.5) is 0 Å². The molecule has 3 rings (SSSR count). The Labute approximate surface area is 170 Å². The number of rotatable bonds is 3. The van der Waals surface area contributed by atoms with Gasteiger partial charge in [0.25, 0.3) is 5.91 Å². The maximum atomic E-state index is 12.4. The molecule has 1 aliphatic rings. The first-order valence-electron chi connectivity index (χ1n) is 8.49. The summed E-state index contributed by atoms with van der Waals surface area (Å²) >= 11 is 3.50. The van der Waals surface area contributed by atoms with Gasteiger partial charge in [-0.1, -0.05) is 28.1 Å². The van der Waals surface area contributed by atoms with E-state index in [0.29, 0.717) is 5.56 Å². The monoisotopic (exact) mass is 449 g/mol. The molecular weight excluding hydrogens is 430 g/mol. The number of pyridine rings is 1. The summed E-state index contributed by atoms with van der Waals surface area (Å²) < 4.78 is 1.11. The van der Waals surface area contributed by atoms with Gasteiger partial charge in [-0.25, -0.2) is 9.59 Å². The Morgan fingerprint density at radius 3 is 2.21 bits per heavy atom. The molecule has 1 amide bonds. The van der Waals surface area contributed by atoms with Crippen molar-refractivity contribution in [1.82, 2.24) is 14.8 Å². The van der Waals surface area contributed by atoms with E-state index in [4.69, 9.17) is 19.8 Å². The number of benzene rings is 1. The van der Waals surface area contributed by atoms with Gasteiger partial charge >= 0.3 is 11.9 Å². The van der Waals surface area contributed by atoms with E-state index in [0.717, 1.165) is 37.2 Å². The van der Waals surface area contributed by atoms with E-state index >= 15 is 0 Å². The van der Waals surface area contributed by atoms with Crippen LogP contribution in [0.2, 0.25) is 0 Å². The van der Waals surface area contributed by atoms with Crippen molar-refractivity contribution >= 4 is 33.8 Å². The number of halogens is 1. The Morgan fingerprint density at radius 2 is 1.68 bits per heavy atom. The van der Waals surface area contributed by atoms with Gasteiger partial charge in [-0.05, 0) is 29.8 Å². The van der Waals surface area contributed by atoms with Crippen LogP contribution >= 0.6 is 15.9 Å². The van der Waals surface area contributed by atoms with Crippen molar-refractivity contribution < 1.29 is 24.6 Å². The van der Waals surface area contributed by atoms with Crippen molar-refractivity contribution in [3.63, 3.8) is 0 Å². The molecule has 2 aromatic rings. The third-order valence-corrected chi connectivity index (χ3v) is 4.54. The SMILES string of the molecule is O=C(O)C(=O)O.O=C(c1cccnc1)N1CCN(Cc2cccc(Br)c2)CC1. The number of aliphatic carboxylic acids is 2. The molecule has 1 aromatic carbocycles. The van der Waals surface area contributed by atoms with Gasteiger partial charge in [0.2, 0.25) is 0 Å². The Bertz CT molecular complexity index is 811. The highest BCUT2D eigenvalue weighted by atomic mass is 79.9. The summed E-state index contributed by atoms with van der Waals surface area (Å²) in [4.78, 5) is 38.9. The largest absolute Gasteiger partial charge is 0.473 e.